The number of methoxy groups -OCH3 is 1. The molecular formula is C17H26N4O3. The topological polar surface area (TPSA) is 73.9 Å². The van der Waals surface area contributed by atoms with Crippen molar-refractivity contribution in [2.24, 2.45) is 0 Å². The molecule has 1 aliphatic rings. The fraction of sp³-hybridized carbons (Fsp3) is 0.529. The van der Waals surface area contributed by atoms with Crippen molar-refractivity contribution in [3.05, 3.63) is 29.8 Å². The van der Waals surface area contributed by atoms with E-state index >= 15 is 0 Å². The predicted molar refractivity (Wildman–Crippen MR) is 92.3 cm³/mol. The zero-order valence-corrected chi connectivity index (χ0v) is 14.4. The Morgan fingerprint density at radius 1 is 1.12 bits per heavy atom. The van der Waals surface area contributed by atoms with E-state index in [1.165, 1.54) is 0 Å². The molecule has 0 radical (unpaired) electrons. The van der Waals surface area contributed by atoms with Gasteiger partial charge in [0.1, 0.15) is 5.75 Å². The fourth-order valence-corrected chi connectivity index (χ4v) is 2.66. The van der Waals surface area contributed by atoms with Crippen LogP contribution in [0.25, 0.3) is 0 Å². The third-order valence-electron chi connectivity index (χ3n) is 4.12. The van der Waals surface area contributed by atoms with Crippen LogP contribution in [0.1, 0.15) is 10.4 Å². The number of amides is 2. The summed E-state index contributed by atoms with van der Waals surface area (Å²) in [5.74, 6) is 0.794. The average molecular weight is 334 g/mol. The van der Waals surface area contributed by atoms with Gasteiger partial charge in [0.25, 0.3) is 5.91 Å². The second-order valence-corrected chi connectivity index (χ2v) is 5.74. The minimum Gasteiger partial charge on any atom is -0.497 e. The van der Waals surface area contributed by atoms with Crippen LogP contribution in [0.5, 0.6) is 5.75 Å². The molecule has 2 amide bonds. The first kappa shape index (κ1) is 18.2. The molecule has 1 aliphatic heterocycles. The molecule has 7 nitrogen and oxygen atoms in total. The lowest BCUT2D eigenvalue weighted by Crippen LogP contribution is -2.51. The highest BCUT2D eigenvalue weighted by Crippen LogP contribution is 2.11. The van der Waals surface area contributed by atoms with Crippen LogP contribution in [-0.4, -0.2) is 81.6 Å². The van der Waals surface area contributed by atoms with Crippen LogP contribution in [0.15, 0.2) is 24.3 Å². The highest BCUT2D eigenvalue weighted by Gasteiger charge is 2.20. The summed E-state index contributed by atoms with van der Waals surface area (Å²) in [6.07, 6.45) is 0. The van der Waals surface area contributed by atoms with Crippen molar-refractivity contribution in [1.82, 2.24) is 20.4 Å². The maximum absolute atomic E-state index is 12.1. The van der Waals surface area contributed by atoms with Crippen LogP contribution in [0.4, 0.5) is 0 Å². The Hall–Kier alpha value is -2.12. The monoisotopic (exact) mass is 334 g/mol. The van der Waals surface area contributed by atoms with Crippen LogP contribution in [0.2, 0.25) is 0 Å². The highest BCUT2D eigenvalue weighted by atomic mass is 16.5. The summed E-state index contributed by atoms with van der Waals surface area (Å²) in [6, 6.07) is 7.05. The summed E-state index contributed by atoms with van der Waals surface area (Å²) in [5.41, 5.74) is 0.623. The number of benzene rings is 1. The minimum atomic E-state index is -0.0829. The van der Waals surface area contributed by atoms with E-state index in [0.29, 0.717) is 18.7 Å². The summed E-state index contributed by atoms with van der Waals surface area (Å²) in [6.45, 7) is 4.94. The van der Waals surface area contributed by atoms with Gasteiger partial charge in [-0.3, -0.25) is 14.5 Å². The van der Waals surface area contributed by atoms with E-state index in [-0.39, 0.29) is 11.8 Å². The molecule has 0 unspecified atom stereocenters. The molecule has 1 aromatic carbocycles. The smallest absolute Gasteiger partial charge is 0.251 e. The molecule has 2 rings (SSSR count). The molecule has 24 heavy (non-hydrogen) atoms. The van der Waals surface area contributed by atoms with Crippen LogP contribution >= 0.6 is 0 Å². The number of carbonyl (C=O) groups excluding carboxylic acids is 2. The van der Waals surface area contributed by atoms with Crippen molar-refractivity contribution in [3.63, 3.8) is 0 Å². The minimum absolute atomic E-state index is 0.0829. The van der Waals surface area contributed by atoms with E-state index in [1.807, 2.05) is 4.90 Å². The first-order chi connectivity index (χ1) is 11.6. The van der Waals surface area contributed by atoms with E-state index in [2.05, 4.69) is 15.5 Å². The lowest BCUT2D eigenvalue weighted by atomic mass is 10.2. The molecule has 0 atom stereocenters. The van der Waals surface area contributed by atoms with Gasteiger partial charge in [0.2, 0.25) is 5.91 Å². The van der Waals surface area contributed by atoms with Crippen molar-refractivity contribution >= 4 is 11.8 Å². The quantitative estimate of drug-likeness (QED) is 0.722. The molecule has 0 spiro atoms. The van der Waals surface area contributed by atoms with Crippen molar-refractivity contribution < 1.29 is 14.3 Å². The van der Waals surface area contributed by atoms with E-state index in [1.54, 1.807) is 38.4 Å². The number of likely N-dealkylation sites (N-methyl/N-ethyl adjacent to an activating group) is 1. The summed E-state index contributed by atoms with van der Waals surface area (Å²) in [7, 11) is 3.38. The zero-order chi connectivity index (χ0) is 17.4. The molecule has 7 heteroatoms. The number of nitrogens with one attached hydrogen (secondary N) is 2. The van der Waals surface area contributed by atoms with Crippen molar-refractivity contribution in [1.29, 1.82) is 0 Å². The van der Waals surface area contributed by atoms with E-state index in [9.17, 15) is 9.59 Å². The summed E-state index contributed by atoms with van der Waals surface area (Å²) >= 11 is 0. The van der Waals surface area contributed by atoms with Crippen LogP contribution in [-0.2, 0) is 4.79 Å². The Morgan fingerprint density at radius 3 is 2.38 bits per heavy atom. The Balaban J connectivity index is 1.67. The maximum Gasteiger partial charge on any atom is 0.251 e. The number of carbonyl (C=O) groups is 2. The first-order valence-electron chi connectivity index (χ1n) is 8.21. The SMILES string of the molecule is CNCC(=O)N1CCN(CCNC(=O)c2ccc(OC)cc2)CC1. The molecule has 2 N–H and O–H groups in total. The van der Waals surface area contributed by atoms with Gasteiger partial charge in [-0.1, -0.05) is 0 Å². The van der Waals surface area contributed by atoms with Gasteiger partial charge in [-0.05, 0) is 31.3 Å². The van der Waals surface area contributed by atoms with Gasteiger partial charge in [-0.2, -0.15) is 0 Å². The number of piperazine rings is 1. The van der Waals surface area contributed by atoms with Crippen molar-refractivity contribution in [3.8, 4) is 5.75 Å². The Labute approximate surface area is 142 Å². The summed E-state index contributed by atoms with van der Waals surface area (Å²) in [5, 5.41) is 5.81. The zero-order valence-electron chi connectivity index (χ0n) is 14.4. The van der Waals surface area contributed by atoms with Crippen molar-refractivity contribution in [2.75, 3.05) is 60.0 Å². The predicted octanol–water partition coefficient (Wildman–Crippen LogP) is -0.211. The van der Waals surface area contributed by atoms with Gasteiger partial charge < -0.3 is 20.3 Å². The fourth-order valence-electron chi connectivity index (χ4n) is 2.66. The molecule has 0 saturated carbocycles. The average Bonchev–Trinajstić information content (AvgIpc) is 2.62. The molecule has 0 aromatic heterocycles. The molecule has 1 heterocycles. The summed E-state index contributed by atoms with van der Waals surface area (Å²) in [4.78, 5) is 28.0. The van der Waals surface area contributed by atoms with Crippen LogP contribution in [0, 0.1) is 0 Å². The number of rotatable bonds is 7. The first-order valence-corrected chi connectivity index (χ1v) is 8.21. The molecule has 1 aromatic rings. The molecule has 1 saturated heterocycles. The van der Waals surface area contributed by atoms with Crippen LogP contribution < -0.4 is 15.4 Å². The normalized spacial score (nSPS) is 15.2. The Kier molecular flexibility index (Phi) is 7.02. The van der Waals surface area contributed by atoms with Gasteiger partial charge in [-0.15, -0.1) is 0 Å². The highest BCUT2D eigenvalue weighted by molar-refractivity contribution is 5.94. The number of hydrogen-bond acceptors (Lipinski definition) is 5. The largest absolute Gasteiger partial charge is 0.497 e. The van der Waals surface area contributed by atoms with Crippen LogP contribution in [0.3, 0.4) is 0 Å². The third-order valence-corrected chi connectivity index (χ3v) is 4.12. The number of hydrogen-bond donors (Lipinski definition) is 2. The van der Waals surface area contributed by atoms with E-state index in [0.717, 1.165) is 38.5 Å². The van der Waals surface area contributed by atoms with E-state index in [4.69, 9.17) is 4.74 Å². The molecular weight excluding hydrogens is 308 g/mol. The van der Waals surface area contributed by atoms with Crippen molar-refractivity contribution in [2.45, 2.75) is 0 Å². The summed E-state index contributed by atoms with van der Waals surface area (Å²) < 4.78 is 5.08. The maximum atomic E-state index is 12.1. The van der Waals surface area contributed by atoms with Gasteiger partial charge in [0.05, 0.1) is 13.7 Å². The lowest BCUT2D eigenvalue weighted by Gasteiger charge is -2.34. The molecule has 0 bridgehead atoms. The van der Waals surface area contributed by atoms with Gasteiger partial charge >= 0.3 is 0 Å². The molecule has 132 valence electrons. The Morgan fingerprint density at radius 2 is 1.79 bits per heavy atom. The van der Waals surface area contributed by atoms with E-state index < -0.39 is 0 Å². The molecule has 1 fully saturated rings. The number of ether oxygens (including phenoxy) is 1. The second kappa shape index (κ2) is 9.24. The number of nitrogens with zero attached hydrogens (tertiary/aromatic N) is 2. The second-order valence-electron chi connectivity index (χ2n) is 5.74. The lowest BCUT2D eigenvalue weighted by molar-refractivity contribution is -0.131. The standard InChI is InChI=1S/C17H26N4O3/c1-18-13-16(22)21-11-9-20(10-12-21)8-7-19-17(23)14-3-5-15(24-2)6-4-14/h3-6,18H,7-13H2,1-2H3,(H,19,23). The van der Waals surface area contributed by atoms with Gasteiger partial charge in [0, 0.05) is 44.8 Å². The molecule has 0 aliphatic carbocycles. The van der Waals surface area contributed by atoms with Gasteiger partial charge in [-0.25, -0.2) is 0 Å². The van der Waals surface area contributed by atoms with Gasteiger partial charge in [0.15, 0.2) is 0 Å². The third kappa shape index (κ3) is 5.21. The Bertz CT molecular complexity index is 539.